The molecule has 2 aliphatic rings. The number of ether oxygens (including phenoxy) is 2. The maximum absolute atomic E-state index is 14.4. The Balaban J connectivity index is 1.17. The highest BCUT2D eigenvalue weighted by Crippen LogP contribution is 2.43. The zero-order valence-corrected chi connectivity index (χ0v) is 36.6. The summed E-state index contributed by atoms with van der Waals surface area (Å²) in [6, 6.07) is 19.6. The van der Waals surface area contributed by atoms with Gasteiger partial charge in [0, 0.05) is 33.0 Å². The predicted octanol–water partition coefficient (Wildman–Crippen LogP) is 12.8. The van der Waals surface area contributed by atoms with Crippen LogP contribution in [0.25, 0.3) is 10.8 Å². The van der Waals surface area contributed by atoms with Gasteiger partial charge in [0.15, 0.2) is 0 Å². The van der Waals surface area contributed by atoms with E-state index in [1.54, 1.807) is 24.3 Å². The number of amides is 4. The lowest BCUT2D eigenvalue weighted by Crippen LogP contribution is -2.43. The van der Waals surface area contributed by atoms with Crippen LogP contribution in [0.1, 0.15) is 195 Å². The van der Waals surface area contributed by atoms with Crippen molar-refractivity contribution in [1.82, 2.24) is 0 Å². The van der Waals surface area contributed by atoms with Crippen LogP contribution in [0.5, 0.6) is 11.5 Å². The molecule has 0 saturated carbocycles. The van der Waals surface area contributed by atoms with Gasteiger partial charge in [-0.3, -0.25) is 19.2 Å². The second kappa shape index (κ2) is 22.7. The summed E-state index contributed by atoms with van der Waals surface area (Å²) in [4.78, 5) is 59.7. The number of carbonyl (C=O) groups is 4. The largest absolute Gasteiger partial charge is 0.491 e. The average Bonchev–Trinajstić information content (AvgIpc) is 3.29. The van der Waals surface area contributed by atoms with E-state index in [1.807, 2.05) is 0 Å². The molecule has 0 bridgehead atoms. The molecule has 0 atom stereocenters. The van der Waals surface area contributed by atoms with Crippen LogP contribution in [0.15, 0.2) is 60.7 Å². The predicted molar refractivity (Wildman–Crippen MR) is 243 cm³/mol. The maximum Gasteiger partial charge on any atom is 0.266 e. The van der Waals surface area contributed by atoms with Gasteiger partial charge in [-0.2, -0.15) is 10.5 Å². The highest BCUT2D eigenvalue weighted by atomic mass is 16.5. The number of imide groups is 2. The molecular formula is C52H60N4O6. The van der Waals surface area contributed by atoms with E-state index in [-0.39, 0.29) is 55.5 Å². The third kappa shape index (κ3) is 10.5. The second-order valence-electron chi connectivity index (χ2n) is 16.6. The number of rotatable bonds is 26. The van der Waals surface area contributed by atoms with Crippen LogP contribution in [-0.4, -0.2) is 36.8 Å². The average molecular weight is 837 g/mol. The molecule has 0 radical (unpaired) electrons. The van der Waals surface area contributed by atoms with E-state index in [0.717, 1.165) is 48.3 Å². The lowest BCUT2D eigenvalue weighted by atomic mass is 9.85. The van der Waals surface area contributed by atoms with Crippen molar-refractivity contribution in [2.75, 3.05) is 23.0 Å². The second-order valence-corrected chi connectivity index (χ2v) is 16.6. The smallest absolute Gasteiger partial charge is 0.266 e. The molecule has 6 rings (SSSR count). The summed E-state index contributed by atoms with van der Waals surface area (Å²) >= 11 is 0. The van der Waals surface area contributed by atoms with Gasteiger partial charge in [-0.25, -0.2) is 9.80 Å². The first-order valence-corrected chi connectivity index (χ1v) is 23.1. The summed E-state index contributed by atoms with van der Waals surface area (Å²) in [5.74, 6) is -2.01. The number of anilines is 2. The lowest BCUT2D eigenvalue weighted by molar-refractivity contribution is 0.0872. The minimum absolute atomic E-state index is 0.143. The molecule has 0 saturated heterocycles. The highest BCUT2D eigenvalue weighted by molar-refractivity contribution is 6.42. The van der Waals surface area contributed by atoms with E-state index in [9.17, 15) is 29.7 Å². The van der Waals surface area contributed by atoms with Crippen LogP contribution < -0.4 is 19.3 Å². The third-order valence-corrected chi connectivity index (χ3v) is 12.1. The van der Waals surface area contributed by atoms with Gasteiger partial charge in [-0.15, -0.1) is 0 Å². The Morgan fingerprint density at radius 3 is 1.00 bits per heavy atom. The molecule has 4 aromatic rings. The number of unbranched alkanes of at least 4 members (excludes halogenated alkanes) is 18. The third-order valence-electron chi connectivity index (χ3n) is 12.1. The molecule has 0 unspecified atom stereocenters. The molecule has 10 nitrogen and oxygen atoms in total. The first-order chi connectivity index (χ1) is 30.3. The van der Waals surface area contributed by atoms with E-state index in [0.29, 0.717) is 24.7 Å². The van der Waals surface area contributed by atoms with Crippen molar-refractivity contribution in [3.8, 4) is 23.6 Å². The zero-order chi connectivity index (χ0) is 43.8. The lowest BCUT2D eigenvalue weighted by Gasteiger charge is -2.32. The van der Waals surface area contributed by atoms with Gasteiger partial charge in [-0.1, -0.05) is 129 Å². The van der Waals surface area contributed by atoms with Crippen molar-refractivity contribution in [3.63, 3.8) is 0 Å². The molecular weight excluding hydrogens is 777 g/mol. The molecule has 10 heteroatoms. The molecule has 62 heavy (non-hydrogen) atoms. The van der Waals surface area contributed by atoms with Crippen molar-refractivity contribution in [2.45, 2.75) is 142 Å². The summed E-state index contributed by atoms with van der Waals surface area (Å²) in [7, 11) is 0. The van der Waals surface area contributed by atoms with Gasteiger partial charge in [0.25, 0.3) is 23.6 Å². The molecule has 4 aromatic carbocycles. The molecule has 0 aliphatic carbocycles. The summed E-state index contributed by atoms with van der Waals surface area (Å²) in [5.41, 5.74) is 1.40. The van der Waals surface area contributed by atoms with Crippen molar-refractivity contribution < 1.29 is 28.7 Å². The van der Waals surface area contributed by atoms with Crippen LogP contribution in [0, 0.1) is 22.7 Å². The van der Waals surface area contributed by atoms with Gasteiger partial charge in [-0.05, 0) is 73.5 Å². The van der Waals surface area contributed by atoms with Gasteiger partial charge in [0.2, 0.25) is 0 Å². The molecule has 4 amide bonds. The highest BCUT2D eigenvalue weighted by Gasteiger charge is 2.42. The normalized spacial score (nSPS) is 13.2. The standard InChI is InChI=1S/C52H60N4O6/c1-3-5-7-9-11-13-15-17-19-21-31-61-45-29-23-37(35-53)33-43(45)55-49(57)39-25-27-41-48-42(28-26-40(47(39)48)50(55)58)52(60)56(51(41)59)44-34-38(36-54)24-30-46(44)62-32-22-20-18-16-14-12-10-8-6-4-2/h23-30,33-34H,3-22,31-32H2,1-2H3. The number of hydrogen-bond acceptors (Lipinski definition) is 8. The Labute approximate surface area is 366 Å². The van der Waals surface area contributed by atoms with Gasteiger partial charge in [0.05, 0.1) is 47.9 Å². The fourth-order valence-electron chi connectivity index (χ4n) is 8.62. The Hall–Kier alpha value is -6.00. The Kier molecular flexibility index (Phi) is 16.7. The minimum atomic E-state index is -0.656. The molecule has 2 heterocycles. The molecule has 0 N–H and O–H groups in total. The fourth-order valence-corrected chi connectivity index (χ4v) is 8.62. The maximum atomic E-state index is 14.4. The van der Waals surface area contributed by atoms with Crippen LogP contribution in [-0.2, 0) is 0 Å². The van der Waals surface area contributed by atoms with Gasteiger partial charge >= 0.3 is 0 Å². The van der Waals surface area contributed by atoms with Crippen LogP contribution in [0.2, 0.25) is 0 Å². The van der Waals surface area contributed by atoms with Crippen LogP contribution in [0.3, 0.4) is 0 Å². The molecule has 324 valence electrons. The van der Waals surface area contributed by atoms with Crippen molar-refractivity contribution in [2.24, 2.45) is 0 Å². The van der Waals surface area contributed by atoms with E-state index in [4.69, 9.17) is 9.47 Å². The number of hydrogen-bond donors (Lipinski definition) is 0. The zero-order valence-electron chi connectivity index (χ0n) is 36.6. The summed E-state index contributed by atoms with van der Waals surface area (Å²) in [6.45, 7) is 5.21. The number of carbonyl (C=O) groups excluding carboxylic acids is 4. The topological polar surface area (TPSA) is 141 Å². The molecule has 0 spiro atoms. The number of nitriles is 2. The quantitative estimate of drug-likeness (QED) is 0.0449. The van der Waals surface area contributed by atoms with E-state index >= 15 is 0 Å². The van der Waals surface area contributed by atoms with E-state index in [1.165, 1.54) is 126 Å². The van der Waals surface area contributed by atoms with Crippen molar-refractivity contribution in [3.05, 3.63) is 94.0 Å². The van der Waals surface area contributed by atoms with E-state index in [2.05, 4.69) is 26.0 Å². The van der Waals surface area contributed by atoms with Gasteiger partial charge < -0.3 is 9.47 Å². The molecule has 0 fully saturated rings. The summed E-state index contributed by atoms with van der Waals surface area (Å²) < 4.78 is 12.4. The van der Waals surface area contributed by atoms with E-state index < -0.39 is 23.6 Å². The first-order valence-electron chi connectivity index (χ1n) is 23.1. The number of benzene rings is 4. The summed E-state index contributed by atoms with van der Waals surface area (Å²) in [5, 5.41) is 20.0. The van der Waals surface area contributed by atoms with Crippen LogP contribution >= 0.6 is 0 Å². The summed E-state index contributed by atoms with van der Waals surface area (Å²) in [6.07, 6.45) is 23.4. The Morgan fingerprint density at radius 2 is 0.710 bits per heavy atom. The first kappa shape index (κ1) is 45.5. The van der Waals surface area contributed by atoms with Crippen LogP contribution in [0.4, 0.5) is 11.4 Å². The minimum Gasteiger partial charge on any atom is -0.491 e. The Morgan fingerprint density at radius 1 is 0.419 bits per heavy atom. The van der Waals surface area contributed by atoms with Gasteiger partial charge in [0.1, 0.15) is 11.5 Å². The monoisotopic (exact) mass is 836 g/mol. The molecule has 0 aromatic heterocycles. The van der Waals surface area contributed by atoms with Crippen molar-refractivity contribution >= 4 is 45.8 Å². The molecule has 2 aliphatic heterocycles. The SMILES string of the molecule is CCCCCCCCCCCCOc1ccc(C#N)cc1N1C(=O)c2ccc3c4c(ccc(c24)C1=O)C(=O)N(c1cc(C#N)ccc1OCCCCCCCCCCCC)C3=O. The van der Waals surface area contributed by atoms with Crippen molar-refractivity contribution in [1.29, 1.82) is 10.5 Å². The number of nitrogens with zero attached hydrogens (tertiary/aromatic N) is 4. The Bertz CT molecular complexity index is 2110. The fraction of sp³-hybridized carbons (Fsp3) is 0.462.